The Morgan fingerprint density at radius 1 is 1.15 bits per heavy atom. The number of aromatic nitrogens is 8. The molecular formula is C27H25Cl2N9O2. The molecule has 0 radical (unpaired) electrons. The number of aromatic amines is 1. The Labute approximate surface area is 239 Å². The second kappa shape index (κ2) is 11.2. The van der Waals surface area contributed by atoms with Gasteiger partial charge < -0.3 is 19.6 Å². The summed E-state index contributed by atoms with van der Waals surface area (Å²) < 4.78 is 8.66. The third-order valence-electron chi connectivity index (χ3n) is 6.80. The molecule has 0 spiro atoms. The second-order valence-corrected chi connectivity index (χ2v) is 10.1. The number of anilines is 1. The van der Waals surface area contributed by atoms with Gasteiger partial charge in [-0.2, -0.15) is 4.68 Å². The van der Waals surface area contributed by atoms with Crippen LogP contribution in [-0.2, 0) is 11.2 Å². The maximum atomic E-state index is 13.5. The molecule has 0 unspecified atom stereocenters. The molecule has 40 heavy (non-hydrogen) atoms. The maximum Gasteiger partial charge on any atom is 0.252 e. The van der Waals surface area contributed by atoms with E-state index in [0.29, 0.717) is 54.3 Å². The summed E-state index contributed by atoms with van der Waals surface area (Å²) in [7, 11) is 0. The molecule has 204 valence electrons. The van der Waals surface area contributed by atoms with E-state index in [1.165, 1.54) is 6.33 Å². The van der Waals surface area contributed by atoms with Gasteiger partial charge in [-0.1, -0.05) is 23.2 Å². The minimum Gasteiger partial charge on any atom is -0.380 e. The van der Waals surface area contributed by atoms with Crippen LogP contribution in [0.5, 0.6) is 0 Å². The summed E-state index contributed by atoms with van der Waals surface area (Å²) >= 11 is 12.9. The molecule has 1 aliphatic heterocycles. The normalized spacial score (nSPS) is 14.4. The second-order valence-electron chi connectivity index (χ2n) is 9.26. The molecule has 6 rings (SSSR count). The highest BCUT2D eigenvalue weighted by molar-refractivity contribution is 6.32. The van der Waals surface area contributed by atoms with Crippen LogP contribution in [0.3, 0.4) is 0 Å². The van der Waals surface area contributed by atoms with Crippen LogP contribution in [0, 0.1) is 0 Å². The lowest BCUT2D eigenvalue weighted by molar-refractivity contribution is 0.158. The predicted molar refractivity (Wildman–Crippen MR) is 152 cm³/mol. The van der Waals surface area contributed by atoms with Crippen molar-refractivity contribution < 1.29 is 4.74 Å². The summed E-state index contributed by atoms with van der Waals surface area (Å²) in [6.07, 6.45) is 4.65. The van der Waals surface area contributed by atoms with E-state index in [-0.39, 0.29) is 11.6 Å². The smallest absolute Gasteiger partial charge is 0.252 e. The number of fused-ring (bicyclic) bond motifs is 1. The average molecular weight is 578 g/mol. The van der Waals surface area contributed by atoms with Crippen molar-refractivity contribution in [2.45, 2.75) is 25.8 Å². The van der Waals surface area contributed by atoms with E-state index in [9.17, 15) is 4.79 Å². The Kier molecular flexibility index (Phi) is 7.33. The standard InChI is InChI=1S/C27H25Cl2N9O2/c1-2-40-10-9-30-23-8-3-16(14-31-23)25-26(29)34-27(33-25)22-7-5-19-11-17(12-24(39)38(19)22)20-13-18(28)4-6-21(20)37-15-32-35-36-37/h3-4,6,8,11-15,22H,2,5,7,9-10H2,1H3,(H,30,31)(H,33,34)/t22-/m0/s1. The van der Waals surface area contributed by atoms with Gasteiger partial charge in [0, 0.05) is 47.3 Å². The molecule has 0 aliphatic carbocycles. The first kappa shape index (κ1) is 26.2. The molecule has 0 bridgehead atoms. The highest BCUT2D eigenvalue weighted by Crippen LogP contribution is 2.36. The van der Waals surface area contributed by atoms with Gasteiger partial charge in [0.15, 0.2) is 5.15 Å². The molecule has 13 heteroatoms. The zero-order chi connectivity index (χ0) is 27.6. The van der Waals surface area contributed by atoms with Gasteiger partial charge >= 0.3 is 0 Å². The molecule has 1 aromatic carbocycles. The SMILES string of the molecule is CCOCCNc1ccc(-c2[nH]c([C@@H]3CCc4cc(-c5cc(Cl)ccc5-n5cnnn5)cc(=O)n43)nc2Cl)cn1. The van der Waals surface area contributed by atoms with E-state index in [1.807, 2.05) is 37.3 Å². The molecule has 5 heterocycles. The Morgan fingerprint density at radius 2 is 2.05 bits per heavy atom. The lowest BCUT2D eigenvalue weighted by atomic mass is 10.0. The molecule has 0 amide bonds. The zero-order valence-corrected chi connectivity index (χ0v) is 23.0. The first-order valence-corrected chi connectivity index (χ1v) is 13.6. The van der Waals surface area contributed by atoms with Crippen LogP contribution in [0.2, 0.25) is 10.2 Å². The molecule has 0 saturated carbocycles. The number of nitrogens with zero attached hydrogens (tertiary/aromatic N) is 7. The Hall–Kier alpha value is -4.06. The molecule has 2 N–H and O–H groups in total. The number of halogens is 2. The summed E-state index contributed by atoms with van der Waals surface area (Å²) in [4.78, 5) is 25.9. The van der Waals surface area contributed by atoms with E-state index in [1.54, 1.807) is 27.6 Å². The number of hydrogen-bond acceptors (Lipinski definition) is 8. The number of imidazole rings is 1. The van der Waals surface area contributed by atoms with Crippen LogP contribution >= 0.6 is 23.2 Å². The number of ether oxygens (including phenoxy) is 1. The summed E-state index contributed by atoms with van der Waals surface area (Å²) in [5, 5.41) is 15.6. The Balaban J connectivity index is 1.28. The van der Waals surface area contributed by atoms with Gasteiger partial charge in [-0.15, -0.1) is 5.10 Å². The Morgan fingerprint density at radius 3 is 2.83 bits per heavy atom. The average Bonchev–Trinajstić information content (AvgIpc) is 3.72. The summed E-state index contributed by atoms with van der Waals surface area (Å²) in [5.41, 5.74) is 4.44. The topological polar surface area (TPSA) is 128 Å². The minimum absolute atomic E-state index is 0.143. The van der Waals surface area contributed by atoms with Crippen molar-refractivity contribution in [2.24, 2.45) is 0 Å². The number of pyridine rings is 2. The van der Waals surface area contributed by atoms with Crippen LogP contribution in [0.25, 0.3) is 28.1 Å². The summed E-state index contributed by atoms with van der Waals surface area (Å²) in [6.45, 7) is 3.92. The molecule has 1 atom stereocenters. The molecule has 11 nitrogen and oxygen atoms in total. The van der Waals surface area contributed by atoms with E-state index in [2.05, 4.69) is 35.8 Å². The number of hydrogen-bond donors (Lipinski definition) is 2. The third kappa shape index (κ3) is 5.10. The van der Waals surface area contributed by atoms with Crippen LogP contribution in [0.1, 0.15) is 30.9 Å². The summed E-state index contributed by atoms with van der Waals surface area (Å²) in [5.74, 6) is 1.37. The molecule has 1 aliphatic rings. The van der Waals surface area contributed by atoms with Gasteiger partial charge in [0.2, 0.25) is 0 Å². The highest BCUT2D eigenvalue weighted by Gasteiger charge is 2.29. The van der Waals surface area contributed by atoms with Crippen molar-refractivity contribution in [3.8, 4) is 28.1 Å². The monoisotopic (exact) mass is 577 g/mol. The van der Waals surface area contributed by atoms with Gasteiger partial charge in [0.05, 0.1) is 24.0 Å². The molecule has 0 fully saturated rings. The van der Waals surface area contributed by atoms with Gasteiger partial charge in [0.25, 0.3) is 5.56 Å². The fraction of sp³-hybridized carbons (Fsp3) is 0.259. The van der Waals surface area contributed by atoms with Gasteiger partial charge in [-0.25, -0.2) is 9.97 Å². The molecule has 4 aromatic heterocycles. The number of H-pyrrole nitrogens is 1. The fourth-order valence-electron chi connectivity index (χ4n) is 4.98. The largest absolute Gasteiger partial charge is 0.380 e. The van der Waals surface area contributed by atoms with Crippen LogP contribution in [0.4, 0.5) is 5.82 Å². The van der Waals surface area contributed by atoms with Crippen LogP contribution < -0.4 is 10.9 Å². The lowest BCUT2D eigenvalue weighted by Crippen LogP contribution is -2.24. The van der Waals surface area contributed by atoms with Crippen molar-refractivity contribution in [3.63, 3.8) is 0 Å². The molecule has 0 saturated heterocycles. The maximum absolute atomic E-state index is 13.5. The van der Waals surface area contributed by atoms with E-state index in [0.717, 1.165) is 33.9 Å². The first-order chi connectivity index (χ1) is 19.5. The highest BCUT2D eigenvalue weighted by atomic mass is 35.5. The van der Waals surface area contributed by atoms with Gasteiger partial charge in [-0.05, 0) is 72.2 Å². The van der Waals surface area contributed by atoms with Gasteiger partial charge in [0.1, 0.15) is 18.0 Å². The molecule has 5 aromatic rings. The van der Waals surface area contributed by atoms with Crippen molar-refractivity contribution >= 4 is 29.0 Å². The third-order valence-corrected chi connectivity index (χ3v) is 7.31. The quantitative estimate of drug-likeness (QED) is 0.244. The van der Waals surface area contributed by atoms with Crippen LogP contribution in [-0.4, -0.2) is 59.5 Å². The zero-order valence-electron chi connectivity index (χ0n) is 21.5. The van der Waals surface area contributed by atoms with Crippen molar-refractivity contribution in [1.82, 2.24) is 39.7 Å². The summed E-state index contributed by atoms with van der Waals surface area (Å²) in [6, 6.07) is 12.5. The van der Waals surface area contributed by atoms with E-state index < -0.39 is 0 Å². The van der Waals surface area contributed by atoms with Crippen molar-refractivity contribution in [2.75, 3.05) is 25.1 Å². The predicted octanol–water partition coefficient (Wildman–Crippen LogP) is 4.57. The van der Waals surface area contributed by atoms with Crippen molar-refractivity contribution in [3.05, 3.63) is 87.0 Å². The minimum atomic E-state index is -0.270. The van der Waals surface area contributed by atoms with Gasteiger partial charge in [-0.3, -0.25) is 4.79 Å². The van der Waals surface area contributed by atoms with E-state index >= 15 is 0 Å². The first-order valence-electron chi connectivity index (χ1n) is 12.8. The number of aryl methyl sites for hydroxylation is 1. The number of rotatable bonds is 9. The van der Waals surface area contributed by atoms with Crippen LogP contribution in [0.15, 0.2) is 59.8 Å². The fourth-order valence-corrected chi connectivity index (χ4v) is 5.40. The van der Waals surface area contributed by atoms with E-state index in [4.69, 9.17) is 27.9 Å². The Bertz CT molecular complexity index is 1700. The number of nitrogens with one attached hydrogen (secondary N) is 2. The molecular weight excluding hydrogens is 553 g/mol. The number of tetrazole rings is 1. The lowest BCUT2D eigenvalue weighted by Gasteiger charge is -2.15. The number of benzene rings is 1. The van der Waals surface area contributed by atoms with Crippen molar-refractivity contribution in [1.29, 1.82) is 0 Å².